The second-order valence-electron chi connectivity index (χ2n) is 3.12. The number of hydrogen-bond donors (Lipinski definition) is 1. The molecule has 0 heterocycles. The van der Waals surface area contributed by atoms with Crippen LogP contribution in [0.25, 0.3) is 6.08 Å². The summed E-state index contributed by atoms with van der Waals surface area (Å²) in [5.74, 6) is -1.23. The maximum atomic E-state index is 10.8. The summed E-state index contributed by atoms with van der Waals surface area (Å²) in [5, 5.41) is 28.0. The van der Waals surface area contributed by atoms with Gasteiger partial charge in [-0.3, -0.25) is 14.9 Å². The lowest BCUT2D eigenvalue weighted by atomic mass is 10.0. The average Bonchev–Trinajstić information content (AvgIpc) is 2.34. The van der Waals surface area contributed by atoms with Crippen LogP contribution in [-0.4, -0.2) is 22.3 Å². The normalized spacial score (nSPS) is 9.94. The van der Waals surface area contributed by atoms with Gasteiger partial charge in [0.25, 0.3) is 5.69 Å². The Labute approximate surface area is 101 Å². The third-order valence-electron chi connectivity index (χ3n) is 2.09. The van der Waals surface area contributed by atoms with Crippen molar-refractivity contribution in [2.75, 3.05) is 0 Å². The highest BCUT2D eigenvalue weighted by molar-refractivity contribution is 5.90. The number of carboxylic acid groups (broad SMARTS) is 1. The molecule has 0 atom stereocenters. The van der Waals surface area contributed by atoms with E-state index in [0.29, 0.717) is 0 Å². The lowest BCUT2D eigenvalue weighted by Gasteiger charge is -2.02. The number of hydrogen-bond acceptors (Lipinski definition) is 5. The second-order valence-corrected chi connectivity index (χ2v) is 3.12. The molecule has 0 aliphatic carbocycles. The molecular formula is C11H6N2O5. The standard InChI is InChI=1S/C11H6N2O5/c12-5-8-7(2-4-11(15)16)1-3-10(13(17)18)9(8)6-14/h1-4,6H,(H,15,16)/b4-2+. The van der Waals surface area contributed by atoms with Gasteiger partial charge in [0.1, 0.15) is 11.6 Å². The van der Waals surface area contributed by atoms with Crippen molar-refractivity contribution in [3.63, 3.8) is 0 Å². The van der Waals surface area contributed by atoms with Crippen LogP contribution in [0.1, 0.15) is 21.5 Å². The van der Waals surface area contributed by atoms with Crippen LogP contribution < -0.4 is 0 Å². The van der Waals surface area contributed by atoms with Crippen molar-refractivity contribution in [1.82, 2.24) is 0 Å². The largest absolute Gasteiger partial charge is 0.478 e. The van der Waals surface area contributed by atoms with Gasteiger partial charge < -0.3 is 5.11 Å². The summed E-state index contributed by atoms with van der Waals surface area (Å²) in [6.07, 6.45) is 2.07. The molecule has 0 spiro atoms. The fourth-order valence-corrected chi connectivity index (χ4v) is 1.33. The molecule has 1 aromatic rings. The van der Waals surface area contributed by atoms with E-state index in [2.05, 4.69) is 0 Å². The van der Waals surface area contributed by atoms with Crippen molar-refractivity contribution in [1.29, 1.82) is 5.26 Å². The second kappa shape index (κ2) is 5.36. The van der Waals surface area contributed by atoms with Gasteiger partial charge in [0.15, 0.2) is 6.29 Å². The number of aliphatic carboxylic acids is 1. The summed E-state index contributed by atoms with van der Waals surface area (Å²) in [6, 6.07) is 3.91. The maximum absolute atomic E-state index is 10.8. The number of carbonyl (C=O) groups excluding carboxylic acids is 1. The van der Waals surface area contributed by atoms with Crippen molar-refractivity contribution in [3.8, 4) is 6.07 Å². The van der Waals surface area contributed by atoms with Gasteiger partial charge in [-0.15, -0.1) is 0 Å². The van der Waals surface area contributed by atoms with Crippen molar-refractivity contribution >= 4 is 24.0 Å². The number of nitro groups is 1. The highest BCUT2D eigenvalue weighted by Gasteiger charge is 2.19. The smallest absolute Gasteiger partial charge is 0.328 e. The third kappa shape index (κ3) is 2.56. The topological polar surface area (TPSA) is 121 Å². The molecule has 1 N–H and O–H groups in total. The molecule has 7 heteroatoms. The zero-order valence-corrected chi connectivity index (χ0v) is 8.86. The van der Waals surface area contributed by atoms with Gasteiger partial charge in [0, 0.05) is 12.1 Å². The van der Waals surface area contributed by atoms with E-state index in [1.54, 1.807) is 6.07 Å². The summed E-state index contributed by atoms with van der Waals surface area (Å²) in [5.41, 5.74) is -0.951. The molecule has 0 amide bonds. The minimum atomic E-state index is -1.23. The predicted octanol–water partition coefficient (Wildman–Crippen LogP) is 1.38. The molecule has 0 unspecified atom stereocenters. The van der Waals surface area contributed by atoms with E-state index in [1.165, 1.54) is 6.07 Å². The molecular weight excluding hydrogens is 240 g/mol. The van der Waals surface area contributed by atoms with Crippen LogP contribution in [0.2, 0.25) is 0 Å². The number of carbonyl (C=O) groups is 2. The first-order valence-electron chi connectivity index (χ1n) is 4.59. The molecule has 0 fully saturated rings. The minimum Gasteiger partial charge on any atom is -0.478 e. The number of aldehydes is 1. The number of rotatable bonds is 4. The molecule has 0 aliphatic rings. The first-order valence-corrected chi connectivity index (χ1v) is 4.59. The van der Waals surface area contributed by atoms with Crippen LogP contribution in [0.4, 0.5) is 5.69 Å². The van der Waals surface area contributed by atoms with Gasteiger partial charge in [-0.25, -0.2) is 4.79 Å². The molecule has 0 bridgehead atoms. The molecule has 0 aromatic heterocycles. The molecule has 1 aromatic carbocycles. The van der Waals surface area contributed by atoms with Crippen LogP contribution in [0.3, 0.4) is 0 Å². The molecule has 0 saturated heterocycles. The Bertz CT molecular complexity index is 598. The zero-order chi connectivity index (χ0) is 13.7. The zero-order valence-electron chi connectivity index (χ0n) is 8.86. The molecule has 0 saturated carbocycles. The van der Waals surface area contributed by atoms with E-state index in [1.807, 2.05) is 0 Å². The van der Waals surface area contributed by atoms with Crippen LogP contribution in [0.5, 0.6) is 0 Å². The molecule has 7 nitrogen and oxygen atoms in total. The van der Waals surface area contributed by atoms with Crippen LogP contribution in [-0.2, 0) is 4.79 Å². The highest BCUT2D eigenvalue weighted by Crippen LogP contribution is 2.24. The monoisotopic (exact) mass is 246 g/mol. The minimum absolute atomic E-state index is 0.132. The quantitative estimate of drug-likeness (QED) is 0.370. The van der Waals surface area contributed by atoms with E-state index in [0.717, 1.165) is 18.2 Å². The Kier molecular flexibility index (Phi) is 3.89. The Morgan fingerprint density at radius 1 is 1.50 bits per heavy atom. The Morgan fingerprint density at radius 2 is 2.17 bits per heavy atom. The SMILES string of the molecule is N#Cc1c(/C=C/C(=O)O)ccc([N+](=O)[O-])c1C=O. The van der Waals surface area contributed by atoms with E-state index in [-0.39, 0.29) is 23.0 Å². The average molecular weight is 246 g/mol. The van der Waals surface area contributed by atoms with E-state index < -0.39 is 16.6 Å². The van der Waals surface area contributed by atoms with Crippen LogP contribution >= 0.6 is 0 Å². The Hall–Kier alpha value is -3.01. The molecule has 1 rings (SSSR count). The van der Waals surface area contributed by atoms with Crippen LogP contribution in [0, 0.1) is 21.4 Å². The summed E-state index contributed by atoms with van der Waals surface area (Å²) in [4.78, 5) is 31.0. The van der Waals surface area contributed by atoms with Gasteiger partial charge >= 0.3 is 5.97 Å². The van der Waals surface area contributed by atoms with Crippen molar-refractivity contribution in [3.05, 3.63) is 45.0 Å². The van der Waals surface area contributed by atoms with E-state index in [9.17, 15) is 19.7 Å². The summed E-state index contributed by atoms with van der Waals surface area (Å²) in [6.45, 7) is 0. The van der Waals surface area contributed by atoms with Gasteiger partial charge in [-0.05, 0) is 17.7 Å². The van der Waals surface area contributed by atoms with E-state index in [4.69, 9.17) is 10.4 Å². The number of nitro benzene ring substituents is 1. The van der Waals surface area contributed by atoms with E-state index >= 15 is 0 Å². The molecule has 0 aliphatic heterocycles. The van der Waals surface area contributed by atoms with Crippen molar-refractivity contribution in [2.24, 2.45) is 0 Å². The first kappa shape index (κ1) is 13.1. The Morgan fingerprint density at radius 3 is 2.61 bits per heavy atom. The van der Waals surface area contributed by atoms with Gasteiger partial charge in [0.05, 0.1) is 10.5 Å². The third-order valence-corrected chi connectivity index (χ3v) is 2.09. The number of nitriles is 1. The fraction of sp³-hybridized carbons (Fsp3) is 0. The van der Waals surface area contributed by atoms with Gasteiger partial charge in [-0.1, -0.05) is 0 Å². The fourth-order valence-electron chi connectivity index (χ4n) is 1.33. The highest BCUT2D eigenvalue weighted by atomic mass is 16.6. The number of benzene rings is 1. The van der Waals surface area contributed by atoms with Crippen molar-refractivity contribution in [2.45, 2.75) is 0 Å². The van der Waals surface area contributed by atoms with Crippen molar-refractivity contribution < 1.29 is 19.6 Å². The number of carboxylic acids is 1. The number of nitrogens with zero attached hydrogens (tertiary/aromatic N) is 2. The molecule has 18 heavy (non-hydrogen) atoms. The summed E-state index contributed by atoms with van der Waals surface area (Å²) < 4.78 is 0. The first-order chi connectivity index (χ1) is 8.51. The van der Waals surface area contributed by atoms with Gasteiger partial charge in [-0.2, -0.15) is 5.26 Å². The summed E-state index contributed by atoms with van der Waals surface area (Å²) in [7, 11) is 0. The predicted molar refractivity (Wildman–Crippen MR) is 59.9 cm³/mol. The lowest BCUT2D eigenvalue weighted by Crippen LogP contribution is -1.99. The molecule has 0 radical (unpaired) electrons. The Balaban J connectivity index is 3.50. The lowest BCUT2D eigenvalue weighted by molar-refractivity contribution is -0.385. The van der Waals surface area contributed by atoms with Crippen LogP contribution in [0.15, 0.2) is 18.2 Å². The van der Waals surface area contributed by atoms with Gasteiger partial charge in [0.2, 0.25) is 0 Å². The maximum Gasteiger partial charge on any atom is 0.328 e. The molecule has 90 valence electrons. The summed E-state index contributed by atoms with van der Waals surface area (Å²) >= 11 is 0.